The Balaban J connectivity index is 1.45. The Labute approximate surface area is 204 Å². The molecule has 4 heterocycles. The molecule has 4 aromatic heterocycles. The SMILES string of the molecule is Cc1nc(OC2CCC(C(F)(F)F)CC2)cc(-c2nn(Cc3cnn(C)c3)c3ccnc(Cl)c23)n1. The summed E-state index contributed by atoms with van der Waals surface area (Å²) in [5, 5.41) is 9.92. The lowest BCUT2D eigenvalue weighted by molar-refractivity contribution is -0.185. The van der Waals surface area contributed by atoms with Crippen LogP contribution in [0, 0.1) is 12.8 Å². The lowest BCUT2D eigenvalue weighted by Gasteiger charge is -2.29. The number of halogens is 4. The van der Waals surface area contributed by atoms with Gasteiger partial charge < -0.3 is 4.74 Å². The number of hydrogen-bond acceptors (Lipinski definition) is 6. The minimum atomic E-state index is -4.16. The van der Waals surface area contributed by atoms with E-state index in [0.29, 0.717) is 53.0 Å². The maximum absolute atomic E-state index is 13.0. The predicted molar refractivity (Wildman–Crippen MR) is 123 cm³/mol. The third kappa shape index (κ3) is 4.95. The molecule has 0 spiro atoms. The largest absolute Gasteiger partial charge is 0.474 e. The molecule has 0 aromatic carbocycles. The van der Waals surface area contributed by atoms with Crippen molar-refractivity contribution in [1.29, 1.82) is 0 Å². The summed E-state index contributed by atoms with van der Waals surface area (Å²) in [6.07, 6.45) is 1.54. The van der Waals surface area contributed by atoms with Crippen LogP contribution in [0.2, 0.25) is 5.15 Å². The molecule has 8 nitrogen and oxygen atoms in total. The summed E-state index contributed by atoms with van der Waals surface area (Å²) < 4.78 is 48.5. The number of ether oxygens (including phenoxy) is 1. The van der Waals surface area contributed by atoms with Crippen LogP contribution in [-0.4, -0.2) is 46.8 Å². The first-order valence-corrected chi connectivity index (χ1v) is 11.6. The van der Waals surface area contributed by atoms with E-state index in [4.69, 9.17) is 21.4 Å². The first kappa shape index (κ1) is 23.5. The minimum Gasteiger partial charge on any atom is -0.474 e. The molecule has 12 heteroatoms. The molecule has 4 aromatic rings. The number of aromatic nitrogens is 7. The molecule has 0 unspecified atom stereocenters. The second-order valence-corrected chi connectivity index (χ2v) is 9.15. The van der Waals surface area contributed by atoms with Crippen LogP contribution in [0.5, 0.6) is 5.88 Å². The van der Waals surface area contributed by atoms with E-state index in [1.54, 1.807) is 30.1 Å². The zero-order chi connectivity index (χ0) is 24.7. The minimum absolute atomic E-state index is 0.0513. The lowest BCUT2D eigenvalue weighted by Crippen LogP contribution is -2.32. The summed E-state index contributed by atoms with van der Waals surface area (Å²) in [7, 11) is 1.84. The molecule has 35 heavy (non-hydrogen) atoms. The highest BCUT2D eigenvalue weighted by atomic mass is 35.5. The monoisotopic (exact) mass is 505 g/mol. The van der Waals surface area contributed by atoms with Crippen molar-refractivity contribution in [1.82, 2.24) is 34.5 Å². The predicted octanol–water partition coefficient (Wildman–Crippen LogP) is 5.13. The summed E-state index contributed by atoms with van der Waals surface area (Å²) in [4.78, 5) is 13.1. The second kappa shape index (κ2) is 9.10. The van der Waals surface area contributed by atoms with E-state index in [1.165, 1.54) is 0 Å². The molecule has 0 saturated heterocycles. The van der Waals surface area contributed by atoms with Gasteiger partial charge in [0.25, 0.3) is 0 Å². The molecule has 0 N–H and O–H groups in total. The van der Waals surface area contributed by atoms with Crippen LogP contribution in [0.4, 0.5) is 13.2 Å². The van der Waals surface area contributed by atoms with Gasteiger partial charge in [-0.2, -0.15) is 28.4 Å². The number of rotatable bonds is 5. The van der Waals surface area contributed by atoms with Crippen LogP contribution in [0.15, 0.2) is 30.7 Å². The fourth-order valence-electron chi connectivity index (χ4n) is 4.51. The van der Waals surface area contributed by atoms with Crippen LogP contribution in [0.3, 0.4) is 0 Å². The van der Waals surface area contributed by atoms with Gasteiger partial charge in [-0.3, -0.25) is 9.36 Å². The van der Waals surface area contributed by atoms with Crippen molar-refractivity contribution in [3.8, 4) is 17.3 Å². The van der Waals surface area contributed by atoms with Gasteiger partial charge in [0.05, 0.1) is 35.3 Å². The van der Waals surface area contributed by atoms with E-state index >= 15 is 0 Å². The van der Waals surface area contributed by atoms with E-state index in [0.717, 1.165) is 11.1 Å². The summed E-state index contributed by atoms with van der Waals surface area (Å²) >= 11 is 6.47. The fourth-order valence-corrected chi connectivity index (χ4v) is 4.76. The lowest BCUT2D eigenvalue weighted by atomic mass is 9.87. The zero-order valence-corrected chi connectivity index (χ0v) is 19.9. The average Bonchev–Trinajstić information content (AvgIpc) is 3.37. The van der Waals surface area contributed by atoms with Crippen molar-refractivity contribution >= 4 is 22.5 Å². The first-order chi connectivity index (χ1) is 16.7. The van der Waals surface area contributed by atoms with Crippen molar-refractivity contribution in [3.05, 3.63) is 47.3 Å². The Hall–Kier alpha value is -3.21. The van der Waals surface area contributed by atoms with E-state index in [9.17, 15) is 13.2 Å². The summed E-state index contributed by atoms with van der Waals surface area (Å²) in [6.45, 7) is 2.20. The van der Waals surface area contributed by atoms with Crippen molar-refractivity contribution in [2.24, 2.45) is 13.0 Å². The Morgan fingerprint density at radius 3 is 2.63 bits per heavy atom. The maximum Gasteiger partial charge on any atom is 0.391 e. The fraction of sp³-hybridized carbons (Fsp3) is 0.435. The second-order valence-electron chi connectivity index (χ2n) is 8.80. The quantitative estimate of drug-likeness (QED) is 0.350. The van der Waals surface area contributed by atoms with Crippen LogP contribution in [-0.2, 0) is 13.6 Å². The zero-order valence-electron chi connectivity index (χ0n) is 19.1. The smallest absolute Gasteiger partial charge is 0.391 e. The standard InChI is InChI=1S/C23H23ClF3N7O/c1-13-30-17(9-19(31-13)35-16-5-3-15(4-6-16)23(25,26)27)21-20-18(7-8-28-22(20)24)34(32-21)12-14-10-29-33(2)11-14/h7-11,15-16H,3-6,12H2,1-2H3. The number of aryl methyl sites for hydroxylation is 2. The van der Waals surface area contributed by atoms with E-state index in [2.05, 4.69) is 20.1 Å². The number of fused-ring (bicyclic) bond motifs is 1. The molecular formula is C23H23ClF3N7O. The Kier molecular flexibility index (Phi) is 6.12. The normalized spacial score (nSPS) is 18.8. The Bertz CT molecular complexity index is 1360. The highest BCUT2D eigenvalue weighted by molar-refractivity contribution is 6.35. The Morgan fingerprint density at radius 2 is 1.94 bits per heavy atom. The third-order valence-corrected chi connectivity index (χ3v) is 6.48. The Morgan fingerprint density at radius 1 is 1.17 bits per heavy atom. The van der Waals surface area contributed by atoms with Gasteiger partial charge in [-0.25, -0.2) is 9.97 Å². The summed E-state index contributed by atoms with van der Waals surface area (Å²) in [5.74, 6) is -0.510. The van der Waals surface area contributed by atoms with Crippen LogP contribution in [0.25, 0.3) is 22.3 Å². The molecule has 0 amide bonds. The molecule has 1 saturated carbocycles. The first-order valence-electron chi connectivity index (χ1n) is 11.3. The van der Waals surface area contributed by atoms with Gasteiger partial charge in [0.2, 0.25) is 5.88 Å². The number of hydrogen-bond donors (Lipinski definition) is 0. The van der Waals surface area contributed by atoms with E-state index in [1.807, 2.05) is 24.0 Å². The van der Waals surface area contributed by atoms with Gasteiger partial charge in [-0.05, 0) is 38.7 Å². The van der Waals surface area contributed by atoms with Crippen molar-refractivity contribution in [2.75, 3.05) is 0 Å². The molecule has 0 bridgehead atoms. The number of nitrogens with zero attached hydrogens (tertiary/aromatic N) is 7. The molecule has 0 aliphatic heterocycles. The molecule has 184 valence electrons. The van der Waals surface area contributed by atoms with Gasteiger partial charge in [-0.1, -0.05) is 11.6 Å². The van der Waals surface area contributed by atoms with Gasteiger partial charge in [-0.15, -0.1) is 0 Å². The van der Waals surface area contributed by atoms with Gasteiger partial charge in [0.1, 0.15) is 22.8 Å². The van der Waals surface area contributed by atoms with Gasteiger partial charge in [0, 0.05) is 31.1 Å². The van der Waals surface area contributed by atoms with Crippen LogP contribution < -0.4 is 4.74 Å². The molecule has 1 aliphatic carbocycles. The number of alkyl halides is 3. The highest BCUT2D eigenvalue weighted by Gasteiger charge is 2.41. The van der Waals surface area contributed by atoms with E-state index < -0.39 is 12.1 Å². The summed E-state index contributed by atoms with van der Waals surface area (Å²) in [6, 6.07) is 3.49. The summed E-state index contributed by atoms with van der Waals surface area (Å²) in [5.41, 5.74) is 2.78. The number of pyridine rings is 1. The molecule has 1 fully saturated rings. The molecule has 5 rings (SSSR count). The molecule has 0 atom stereocenters. The van der Waals surface area contributed by atoms with Crippen molar-refractivity contribution in [3.63, 3.8) is 0 Å². The topological polar surface area (TPSA) is 83.5 Å². The maximum atomic E-state index is 13.0. The third-order valence-electron chi connectivity index (χ3n) is 6.19. The van der Waals surface area contributed by atoms with E-state index in [-0.39, 0.29) is 18.9 Å². The molecule has 0 radical (unpaired) electrons. The highest BCUT2D eigenvalue weighted by Crippen LogP contribution is 2.39. The van der Waals surface area contributed by atoms with Gasteiger partial charge in [0.15, 0.2) is 0 Å². The van der Waals surface area contributed by atoms with Gasteiger partial charge >= 0.3 is 6.18 Å². The molecule has 1 aliphatic rings. The molecular weight excluding hydrogens is 483 g/mol. The average molecular weight is 506 g/mol. The van der Waals surface area contributed by atoms with Crippen LogP contribution >= 0.6 is 11.6 Å². The van der Waals surface area contributed by atoms with Crippen LogP contribution in [0.1, 0.15) is 37.1 Å². The van der Waals surface area contributed by atoms with Crippen molar-refractivity contribution < 1.29 is 17.9 Å². The van der Waals surface area contributed by atoms with Crippen molar-refractivity contribution in [2.45, 2.75) is 51.4 Å².